The van der Waals surface area contributed by atoms with Gasteiger partial charge in [-0.3, -0.25) is 4.79 Å². The SMILES string of the molecule is C=CCNC(=O)c1sc(N2CCCCC2)c(SC)c1N. The Morgan fingerprint density at radius 3 is 2.80 bits per heavy atom. The Morgan fingerprint density at radius 1 is 1.50 bits per heavy atom. The van der Waals surface area contributed by atoms with Gasteiger partial charge in [-0.2, -0.15) is 0 Å². The van der Waals surface area contributed by atoms with E-state index in [0.717, 1.165) is 23.0 Å². The van der Waals surface area contributed by atoms with E-state index in [1.165, 1.54) is 30.6 Å². The van der Waals surface area contributed by atoms with E-state index >= 15 is 0 Å². The van der Waals surface area contributed by atoms with Crippen LogP contribution in [-0.4, -0.2) is 31.8 Å². The van der Waals surface area contributed by atoms with Crippen LogP contribution in [0.2, 0.25) is 0 Å². The second-order valence-corrected chi connectivity index (χ2v) is 6.55. The van der Waals surface area contributed by atoms with Crippen LogP contribution in [0, 0.1) is 0 Å². The summed E-state index contributed by atoms with van der Waals surface area (Å²) in [6.07, 6.45) is 7.39. The van der Waals surface area contributed by atoms with Crippen LogP contribution >= 0.6 is 23.1 Å². The molecule has 0 saturated carbocycles. The van der Waals surface area contributed by atoms with Crippen molar-refractivity contribution in [3.63, 3.8) is 0 Å². The number of hydrogen-bond acceptors (Lipinski definition) is 5. The first-order chi connectivity index (χ1) is 9.69. The number of carbonyl (C=O) groups excluding carboxylic acids is 1. The summed E-state index contributed by atoms with van der Waals surface area (Å²) in [6.45, 7) is 6.18. The molecule has 0 aliphatic carbocycles. The van der Waals surface area contributed by atoms with E-state index < -0.39 is 0 Å². The Hall–Kier alpha value is -1.14. The molecule has 1 aliphatic heterocycles. The van der Waals surface area contributed by atoms with Gasteiger partial charge in [0.2, 0.25) is 0 Å². The van der Waals surface area contributed by atoms with Gasteiger partial charge in [-0.05, 0) is 25.5 Å². The van der Waals surface area contributed by atoms with Crippen LogP contribution in [0.3, 0.4) is 0 Å². The van der Waals surface area contributed by atoms with Crippen LogP contribution in [0.15, 0.2) is 17.6 Å². The van der Waals surface area contributed by atoms with Crippen LogP contribution in [0.5, 0.6) is 0 Å². The summed E-state index contributed by atoms with van der Waals surface area (Å²) in [4.78, 5) is 16.2. The second-order valence-electron chi connectivity index (χ2n) is 4.73. The molecule has 1 aromatic rings. The topological polar surface area (TPSA) is 58.4 Å². The van der Waals surface area contributed by atoms with E-state index in [9.17, 15) is 4.79 Å². The van der Waals surface area contributed by atoms with Crippen molar-refractivity contribution in [2.45, 2.75) is 24.2 Å². The molecule has 110 valence electrons. The predicted molar refractivity (Wildman–Crippen MR) is 89.1 cm³/mol. The van der Waals surface area contributed by atoms with Gasteiger partial charge in [0.25, 0.3) is 5.91 Å². The maximum Gasteiger partial charge on any atom is 0.263 e. The van der Waals surface area contributed by atoms with Gasteiger partial charge in [-0.1, -0.05) is 6.08 Å². The molecule has 0 radical (unpaired) electrons. The van der Waals surface area contributed by atoms with Gasteiger partial charge in [0, 0.05) is 19.6 Å². The zero-order chi connectivity index (χ0) is 14.5. The van der Waals surface area contributed by atoms with E-state index in [4.69, 9.17) is 5.73 Å². The minimum absolute atomic E-state index is 0.106. The fourth-order valence-corrected chi connectivity index (χ4v) is 4.48. The van der Waals surface area contributed by atoms with Crippen molar-refractivity contribution in [3.05, 3.63) is 17.5 Å². The van der Waals surface area contributed by atoms with Crippen molar-refractivity contribution in [1.29, 1.82) is 0 Å². The van der Waals surface area contributed by atoms with Gasteiger partial charge >= 0.3 is 0 Å². The highest BCUT2D eigenvalue weighted by atomic mass is 32.2. The van der Waals surface area contributed by atoms with Crippen molar-refractivity contribution in [1.82, 2.24) is 5.32 Å². The number of piperidine rings is 1. The maximum atomic E-state index is 12.1. The number of nitrogens with zero attached hydrogens (tertiary/aromatic N) is 1. The molecule has 0 aromatic carbocycles. The first-order valence-electron chi connectivity index (χ1n) is 6.79. The number of nitrogens with two attached hydrogens (primary N) is 1. The third-order valence-corrected chi connectivity index (χ3v) is 5.56. The molecule has 1 fully saturated rings. The summed E-state index contributed by atoms with van der Waals surface area (Å²) in [5.74, 6) is -0.106. The van der Waals surface area contributed by atoms with Crippen molar-refractivity contribution in [2.75, 3.05) is 36.5 Å². The van der Waals surface area contributed by atoms with Gasteiger partial charge in [-0.25, -0.2) is 0 Å². The first kappa shape index (κ1) is 15.3. The van der Waals surface area contributed by atoms with Gasteiger partial charge in [0.1, 0.15) is 9.88 Å². The monoisotopic (exact) mass is 311 g/mol. The number of nitrogens with one attached hydrogen (secondary N) is 1. The van der Waals surface area contributed by atoms with Crippen LogP contribution in [0.4, 0.5) is 10.7 Å². The van der Waals surface area contributed by atoms with E-state index in [-0.39, 0.29) is 5.91 Å². The molecule has 0 spiro atoms. The van der Waals surface area contributed by atoms with Gasteiger partial charge < -0.3 is 16.0 Å². The summed E-state index contributed by atoms with van der Waals surface area (Å²) >= 11 is 3.13. The molecule has 20 heavy (non-hydrogen) atoms. The molecule has 0 bridgehead atoms. The fraction of sp³-hybridized carbons (Fsp3) is 0.500. The summed E-state index contributed by atoms with van der Waals surface area (Å²) < 4.78 is 0. The van der Waals surface area contributed by atoms with Crippen LogP contribution in [0.25, 0.3) is 0 Å². The zero-order valence-corrected chi connectivity index (χ0v) is 13.4. The number of amides is 1. The molecule has 6 heteroatoms. The first-order valence-corrected chi connectivity index (χ1v) is 8.83. The normalized spacial score (nSPS) is 15.2. The molecule has 1 saturated heterocycles. The lowest BCUT2D eigenvalue weighted by atomic mass is 10.1. The number of anilines is 2. The van der Waals surface area contributed by atoms with Crippen molar-refractivity contribution >= 4 is 39.7 Å². The highest BCUT2D eigenvalue weighted by Gasteiger charge is 2.24. The molecule has 3 N–H and O–H groups in total. The van der Waals surface area contributed by atoms with Gasteiger partial charge in [0.05, 0.1) is 10.6 Å². The van der Waals surface area contributed by atoms with Gasteiger partial charge in [-0.15, -0.1) is 29.7 Å². The van der Waals surface area contributed by atoms with E-state index in [1.807, 2.05) is 6.26 Å². The number of thioether (sulfide) groups is 1. The highest BCUT2D eigenvalue weighted by molar-refractivity contribution is 7.99. The molecule has 4 nitrogen and oxygen atoms in total. The van der Waals surface area contributed by atoms with Crippen LogP contribution < -0.4 is 16.0 Å². The van der Waals surface area contributed by atoms with Crippen molar-refractivity contribution in [2.24, 2.45) is 0 Å². The Bertz CT molecular complexity index is 493. The summed E-state index contributed by atoms with van der Waals surface area (Å²) in [6, 6.07) is 0. The third-order valence-electron chi connectivity index (χ3n) is 3.34. The summed E-state index contributed by atoms with van der Waals surface area (Å²) in [7, 11) is 0. The molecule has 2 rings (SSSR count). The van der Waals surface area contributed by atoms with Crippen LogP contribution in [0.1, 0.15) is 28.9 Å². The molecule has 2 heterocycles. The standard InChI is InChI=1S/C14H21N3OS2/c1-3-7-16-13(18)11-10(15)12(19-2)14(20-11)17-8-5-4-6-9-17/h3H,1,4-9,15H2,2H3,(H,16,18). The minimum atomic E-state index is -0.106. The third kappa shape index (κ3) is 3.12. The zero-order valence-electron chi connectivity index (χ0n) is 11.8. The Morgan fingerprint density at radius 2 is 2.20 bits per heavy atom. The summed E-state index contributed by atoms with van der Waals surface area (Å²) in [5, 5.41) is 3.95. The maximum absolute atomic E-state index is 12.1. The molecule has 1 amide bonds. The number of nitrogen functional groups attached to an aromatic ring is 1. The summed E-state index contributed by atoms with van der Waals surface area (Å²) in [5.41, 5.74) is 6.79. The minimum Gasteiger partial charge on any atom is -0.396 e. The molecule has 0 unspecified atom stereocenters. The smallest absolute Gasteiger partial charge is 0.263 e. The van der Waals surface area contributed by atoms with E-state index in [0.29, 0.717) is 17.1 Å². The lowest BCUT2D eigenvalue weighted by molar-refractivity contribution is 0.0963. The number of rotatable bonds is 5. The fourth-order valence-electron chi connectivity index (χ4n) is 2.33. The quantitative estimate of drug-likeness (QED) is 0.648. The van der Waals surface area contributed by atoms with Crippen LogP contribution in [-0.2, 0) is 0 Å². The van der Waals surface area contributed by atoms with Gasteiger partial charge in [0.15, 0.2) is 0 Å². The lowest BCUT2D eigenvalue weighted by Crippen LogP contribution is -2.29. The molecule has 0 atom stereocenters. The molecular weight excluding hydrogens is 290 g/mol. The molecular formula is C14H21N3OS2. The largest absolute Gasteiger partial charge is 0.396 e. The Kier molecular flexibility index (Phi) is 5.37. The molecule has 1 aromatic heterocycles. The number of carbonyl (C=O) groups is 1. The Balaban J connectivity index is 2.27. The number of thiophene rings is 1. The predicted octanol–water partition coefficient (Wildman–Crippen LogP) is 2.96. The average molecular weight is 311 g/mol. The van der Waals surface area contributed by atoms with Crippen molar-refractivity contribution in [3.8, 4) is 0 Å². The highest BCUT2D eigenvalue weighted by Crippen LogP contribution is 2.44. The lowest BCUT2D eigenvalue weighted by Gasteiger charge is -2.28. The number of hydrogen-bond donors (Lipinski definition) is 2. The average Bonchev–Trinajstić information content (AvgIpc) is 2.82. The second kappa shape index (κ2) is 7.04. The van der Waals surface area contributed by atoms with E-state index in [1.54, 1.807) is 17.8 Å². The Labute approximate surface area is 128 Å². The van der Waals surface area contributed by atoms with Crippen molar-refractivity contribution < 1.29 is 4.79 Å². The van der Waals surface area contributed by atoms with E-state index in [2.05, 4.69) is 16.8 Å². The molecule has 1 aliphatic rings.